The Hall–Kier alpha value is -3.66. The topological polar surface area (TPSA) is 150 Å². The normalized spacial score (nSPS) is 18.0. The molecule has 0 spiro atoms. The Morgan fingerprint density at radius 3 is 2.15 bits per heavy atom. The number of rotatable bonds is 11. The molecule has 0 fully saturated rings. The smallest absolute Gasteiger partial charge is 0.270 e. The number of amides is 1. The third kappa shape index (κ3) is 6.98. The van der Waals surface area contributed by atoms with Crippen LogP contribution < -0.4 is 29.6 Å². The molecule has 2 aliphatic rings. The molecule has 41 heavy (non-hydrogen) atoms. The van der Waals surface area contributed by atoms with Gasteiger partial charge in [0, 0.05) is 12.8 Å². The molecule has 15 heteroatoms. The summed E-state index contributed by atoms with van der Waals surface area (Å²) in [5.41, 5.74) is 0. The van der Waals surface area contributed by atoms with Crippen molar-refractivity contribution in [2.24, 2.45) is 0 Å². The van der Waals surface area contributed by atoms with Crippen molar-refractivity contribution in [1.29, 1.82) is 0 Å². The van der Waals surface area contributed by atoms with Crippen molar-refractivity contribution in [1.82, 2.24) is 20.4 Å². The number of aliphatic hydroxyl groups is 1. The monoisotopic (exact) mass is 614 g/mol. The van der Waals surface area contributed by atoms with E-state index in [1.807, 2.05) is 30.3 Å². The minimum Gasteiger partial charge on any atom is -0.486 e. The van der Waals surface area contributed by atoms with Crippen molar-refractivity contribution in [3.63, 3.8) is 0 Å². The highest BCUT2D eigenvalue weighted by atomic mass is 32.2. The van der Waals surface area contributed by atoms with Crippen molar-refractivity contribution in [2.45, 2.75) is 31.3 Å². The molecule has 4 aromatic rings. The molecule has 2 aromatic heterocycles. The summed E-state index contributed by atoms with van der Waals surface area (Å²) < 4.78 is 22.9. The molecular formula is C26H26N6O6S3. The highest BCUT2D eigenvalue weighted by molar-refractivity contribution is 7.99. The van der Waals surface area contributed by atoms with Crippen LogP contribution in [0, 0.1) is 0 Å². The second-order valence-corrected chi connectivity index (χ2v) is 12.3. The first kappa shape index (κ1) is 27.5. The number of fused-ring (bicyclic) bond motifs is 2. The fraction of sp³-hybridized carbons (Fsp3) is 0.346. The lowest BCUT2D eigenvalue weighted by Crippen LogP contribution is -2.43. The molecule has 12 nitrogen and oxygen atoms in total. The number of para-hydroxylation sites is 4. The van der Waals surface area contributed by atoms with Crippen LogP contribution in [0.3, 0.4) is 0 Å². The summed E-state index contributed by atoms with van der Waals surface area (Å²) in [5, 5.41) is 35.6. The Kier molecular flexibility index (Phi) is 8.65. The van der Waals surface area contributed by atoms with Crippen molar-refractivity contribution >= 4 is 50.6 Å². The number of carbonyl (C=O) groups excluding carboxylic acids is 1. The number of nitrogens with one attached hydrogen (secondary N) is 2. The molecule has 3 N–H and O–H groups in total. The number of anilines is 2. The zero-order chi connectivity index (χ0) is 28.0. The summed E-state index contributed by atoms with van der Waals surface area (Å²) >= 11 is 4.52. The maximum Gasteiger partial charge on any atom is 0.270 e. The summed E-state index contributed by atoms with van der Waals surface area (Å²) in [4.78, 5) is 12.6. The van der Waals surface area contributed by atoms with Crippen molar-refractivity contribution < 1.29 is 28.8 Å². The molecule has 2 aliphatic heterocycles. The first-order chi connectivity index (χ1) is 20.1. The molecule has 4 heterocycles. The second-order valence-electron chi connectivity index (χ2n) is 8.97. The highest BCUT2D eigenvalue weighted by Gasteiger charge is 2.29. The van der Waals surface area contributed by atoms with Gasteiger partial charge in [0.15, 0.2) is 35.3 Å². The van der Waals surface area contributed by atoms with E-state index in [1.54, 1.807) is 30.0 Å². The van der Waals surface area contributed by atoms with Crippen molar-refractivity contribution in [3.8, 4) is 23.0 Å². The van der Waals surface area contributed by atoms with Gasteiger partial charge in [0.05, 0.1) is 0 Å². The number of hydrogen-bond acceptors (Lipinski definition) is 14. The average Bonchev–Trinajstić information content (AvgIpc) is 3.65. The molecule has 0 saturated carbocycles. The summed E-state index contributed by atoms with van der Waals surface area (Å²) in [6, 6.07) is 14.6. The van der Waals surface area contributed by atoms with Crippen LogP contribution in [0.2, 0.25) is 0 Å². The number of nitrogens with zero attached hydrogens (tertiary/aromatic N) is 4. The molecule has 3 atom stereocenters. The Labute approximate surface area is 247 Å². The fourth-order valence-electron chi connectivity index (χ4n) is 3.98. The average molecular weight is 615 g/mol. The SMILES string of the molecule is O=C(Nc1nnc(CCSCCc2nnc(NC(O)C3COc4ccccc4O3)s2)s1)C1COc2ccccc2O1. The van der Waals surface area contributed by atoms with E-state index in [2.05, 4.69) is 31.0 Å². The van der Waals surface area contributed by atoms with Gasteiger partial charge in [-0.25, -0.2) is 0 Å². The summed E-state index contributed by atoms with van der Waals surface area (Å²) in [6.07, 6.45) is -0.815. The van der Waals surface area contributed by atoms with Crippen LogP contribution in [-0.4, -0.2) is 74.6 Å². The van der Waals surface area contributed by atoms with Gasteiger partial charge in [0.25, 0.3) is 5.91 Å². The first-order valence-electron chi connectivity index (χ1n) is 12.9. The number of carbonyl (C=O) groups is 1. The zero-order valence-electron chi connectivity index (χ0n) is 21.6. The molecule has 1 amide bonds. The minimum atomic E-state index is -0.986. The van der Waals surface area contributed by atoms with Gasteiger partial charge in [-0.3, -0.25) is 10.1 Å². The van der Waals surface area contributed by atoms with Gasteiger partial charge in [0.2, 0.25) is 16.4 Å². The van der Waals surface area contributed by atoms with E-state index in [4.69, 9.17) is 18.9 Å². The zero-order valence-corrected chi connectivity index (χ0v) is 24.0. The Morgan fingerprint density at radius 1 is 0.854 bits per heavy atom. The lowest BCUT2D eigenvalue weighted by Gasteiger charge is -2.29. The van der Waals surface area contributed by atoms with Crippen LogP contribution in [0.4, 0.5) is 10.3 Å². The third-order valence-corrected chi connectivity index (χ3v) is 8.84. The maximum atomic E-state index is 12.6. The molecule has 0 aliphatic carbocycles. The Balaban J connectivity index is 0.884. The van der Waals surface area contributed by atoms with Crippen molar-refractivity contribution in [2.75, 3.05) is 35.4 Å². The quantitative estimate of drug-likeness (QED) is 0.168. The van der Waals surface area contributed by atoms with Crippen LogP contribution in [0.5, 0.6) is 23.0 Å². The van der Waals surface area contributed by atoms with E-state index in [9.17, 15) is 9.90 Å². The number of thioether (sulfide) groups is 1. The summed E-state index contributed by atoms with van der Waals surface area (Å²) in [5.74, 6) is 3.82. The lowest BCUT2D eigenvalue weighted by molar-refractivity contribution is -0.125. The van der Waals surface area contributed by atoms with E-state index in [-0.39, 0.29) is 19.1 Å². The predicted octanol–water partition coefficient (Wildman–Crippen LogP) is 3.26. The molecule has 0 bridgehead atoms. The van der Waals surface area contributed by atoms with Crippen LogP contribution in [0.1, 0.15) is 10.0 Å². The highest BCUT2D eigenvalue weighted by Crippen LogP contribution is 2.33. The Bertz CT molecular complexity index is 1490. The van der Waals surface area contributed by atoms with E-state index in [1.165, 1.54) is 22.7 Å². The molecule has 3 unspecified atom stereocenters. The molecule has 6 rings (SSSR count). The van der Waals surface area contributed by atoms with Crippen LogP contribution in [-0.2, 0) is 17.6 Å². The molecule has 2 aromatic carbocycles. The number of aromatic nitrogens is 4. The van der Waals surface area contributed by atoms with Gasteiger partial charge in [0.1, 0.15) is 23.2 Å². The van der Waals surface area contributed by atoms with Crippen LogP contribution in [0.15, 0.2) is 48.5 Å². The van der Waals surface area contributed by atoms with Gasteiger partial charge < -0.3 is 29.4 Å². The molecule has 214 valence electrons. The Morgan fingerprint density at radius 2 is 1.44 bits per heavy atom. The largest absolute Gasteiger partial charge is 0.486 e. The number of aryl methyl sites for hydroxylation is 2. The summed E-state index contributed by atoms with van der Waals surface area (Å²) in [6.45, 7) is 0.367. The standard InChI is InChI=1S/C26H26N6O6S3/c33-23(19-13-35-15-5-1-3-7-17(15)37-19)27-25-31-29-21(40-25)9-11-39-12-10-22-30-32-26(41-22)28-24(34)20-14-36-16-6-2-4-8-18(16)38-20/h1-8,19-20,23,33H,9-14H2,(H,27,31)(H,28,32,34). The van der Waals surface area contributed by atoms with Gasteiger partial charge in [-0.15, -0.1) is 20.4 Å². The minimum absolute atomic E-state index is 0.136. The number of benzene rings is 2. The van der Waals surface area contributed by atoms with E-state index >= 15 is 0 Å². The summed E-state index contributed by atoms with van der Waals surface area (Å²) in [7, 11) is 0. The molecule has 0 saturated heterocycles. The number of ether oxygens (including phenoxy) is 4. The maximum absolute atomic E-state index is 12.6. The van der Waals surface area contributed by atoms with E-state index < -0.39 is 18.4 Å². The van der Waals surface area contributed by atoms with Gasteiger partial charge >= 0.3 is 0 Å². The first-order valence-corrected chi connectivity index (χ1v) is 15.6. The fourth-order valence-corrected chi connectivity index (χ4v) is 6.64. The van der Waals surface area contributed by atoms with Crippen LogP contribution in [0.25, 0.3) is 0 Å². The van der Waals surface area contributed by atoms with E-state index in [0.717, 1.165) is 34.4 Å². The van der Waals surface area contributed by atoms with Gasteiger partial charge in [-0.05, 0) is 35.8 Å². The van der Waals surface area contributed by atoms with E-state index in [0.29, 0.717) is 33.3 Å². The molecule has 0 radical (unpaired) electrons. The van der Waals surface area contributed by atoms with Gasteiger partial charge in [-0.1, -0.05) is 46.9 Å². The van der Waals surface area contributed by atoms with Crippen LogP contribution >= 0.6 is 34.4 Å². The van der Waals surface area contributed by atoms with Crippen molar-refractivity contribution in [3.05, 3.63) is 58.5 Å². The van der Waals surface area contributed by atoms with Gasteiger partial charge in [-0.2, -0.15) is 11.8 Å². The molecular weight excluding hydrogens is 589 g/mol. The second kappa shape index (κ2) is 12.9. The lowest BCUT2D eigenvalue weighted by atomic mass is 10.2. The number of hydrogen-bond donors (Lipinski definition) is 3. The number of aliphatic hydroxyl groups excluding tert-OH is 1. The predicted molar refractivity (Wildman–Crippen MR) is 156 cm³/mol. The third-order valence-electron chi connectivity index (χ3n) is 6.04.